The zero-order valence-corrected chi connectivity index (χ0v) is 16.7. The van der Waals surface area contributed by atoms with Crippen molar-refractivity contribution in [3.8, 4) is 0 Å². The average Bonchev–Trinajstić information content (AvgIpc) is 3.20. The third-order valence-corrected chi connectivity index (χ3v) is 5.07. The van der Waals surface area contributed by atoms with Gasteiger partial charge in [0.1, 0.15) is 5.84 Å². The summed E-state index contributed by atoms with van der Waals surface area (Å²) in [5, 5.41) is 4.99. The highest BCUT2D eigenvalue weighted by Crippen LogP contribution is 2.36. The molecule has 0 bridgehead atoms. The molecule has 3 heteroatoms. The normalized spacial score (nSPS) is 15.3. The van der Waals surface area contributed by atoms with E-state index in [-0.39, 0.29) is 6.04 Å². The molecule has 0 radical (unpaired) electrons. The lowest BCUT2D eigenvalue weighted by Gasteiger charge is -2.23. The number of amidine groups is 1. The zero-order chi connectivity index (χ0) is 18.8. The van der Waals surface area contributed by atoms with E-state index in [0.29, 0.717) is 0 Å². The zero-order valence-electron chi connectivity index (χ0n) is 16.7. The Hall–Kier alpha value is -2.55. The number of hydrogen-bond acceptors (Lipinski definition) is 1. The summed E-state index contributed by atoms with van der Waals surface area (Å²) in [4.78, 5) is 8.05. The highest BCUT2D eigenvalue weighted by molar-refractivity contribution is 5.95. The van der Waals surface area contributed by atoms with Crippen molar-refractivity contribution in [3.63, 3.8) is 0 Å². The Morgan fingerprint density at radius 2 is 1.92 bits per heavy atom. The number of nitrogens with one attached hydrogen (secondary N) is 2. The van der Waals surface area contributed by atoms with Crippen molar-refractivity contribution in [1.82, 2.24) is 10.3 Å². The van der Waals surface area contributed by atoms with Crippen molar-refractivity contribution in [2.24, 2.45) is 4.99 Å². The third kappa shape index (κ3) is 3.52. The molecule has 1 atom stereocenters. The van der Waals surface area contributed by atoms with Crippen molar-refractivity contribution >= 4 is 16.7 Å². The predicted molar refractivity (Wildman–Crippen MR) is 113 cm³/mol. The van der Waals surface area contributed by atoms with Crippen LogP contribution in [0.5, 0.6) is 0 Å². The van der Waals surface area contributed by atoms with Gasteiger partial charge in [0.05, 0.1) is 6.04 Å². The standard InChI is InChI=1S/C23H29N3/c1-14(2)11-21(24-6)26-23(18-9-7-8-10-18)22-17(5)25-20-13-16(4)15(3)12-19(20)22/h7-9,11-13,23,25H,10H2,1-6H3,(H,24,26). The Kier molecular flexibility index (Phi) is 5.17. The summed E-state index contributed by atoms with van der Waals surface area (Å²) in [7, 11) is 1.84. The van der Waals surface area contributed by atoms with Gasteiger partial charge < -0.3 is 10.3 Å². The van der Waals surface area contributed by atoms with Gasteiger partial charge in [-0.15, -0.1) is 0 Å². The molecule has 136 valence electrons. The van der Waals surface area contributed by atoms with Crippen molar-refractivity contribution < 1.29 is 0 Å². The largest absolute Gasteiger partial charge is 0.360 e. The number of aromatic nitrogens is 1. The Bertz CT molecular complexity index is 947. The van der Waals surface area contributed by atoms with Gasteiger partial charge >= 0.3 is 0 Å². The molecule has 3 rings (SSSR count). The second kappa shape index (κ2) is 7.36. The highest BCUT2D eigenvalue weighted by atomic mass is 15.0. The second-order valence-electron chi connectivity index (χ2n) is 7.43. The molecular formula is C23H29N3. The van der Waals surface area contributed by atoms with Crippen LogP contribution in [0, 0.1) is 20.8 Å². The lowest BCUT2D eigenvalue weighted by Crippen LogP contribution is -2.29. The molecule has 0 spiro atoms. The monoisotopic (exact) mass is 347 g/mol. The van der Waals surface area contributed by atoms with E-state index in [1.54, 1.807) is 0 Å². The fourth-order valence-corrected chi connectivity index (χ4v) is 3.61. The number of rotatable bonds is 4. The molecule has 0 saturated heterocycles. The maximum Gasteiger partial charge on any atom is 0.121 e. The number of aryl methyl sites for hydroxylation is 3. The number of hydrogen-bond donors (Lipinski definition) is 2. The molecule has 0 fully saturated rings. The number of allylic oxidation sites excluding steroid dienone is 4. The van der Waals surface area contributed by atoms with Crippen molar-refractivity contribution in [1.29, 1.82) is 0 Å². The Balaban J connectivity index is 2.13. The number of H-pyrrole nitrogens is 1. The SMILES string of the molecule is CN=C(C=C(C)C)NC(C1=CC=CC1)c1c(C)[nH]c2cc(C)c(C)cc12. The number of aliphatic imine (C=N–C) groups is 1. The summed E-state index contributed by atoms with van der Waals surface area (Å²) in [5.74, 6) is 0.917. The molecule has 0 amide bonds. The topological polar surface area (TPSA) is 40.2 Å². The molecule has 1 aromatic carbocycles. The van der Waals surface area contributed by atoms with E-state index < -0.39 is 0 Å². The van der Waals surface area contributed by atoms with Crippen LogP contribution in [0.25, 0.3) is 10.9 Å². The van der Waals surface area contributed by atoms with Crippen molar-refractivity contribution in [2.75, 3.05) is 7.05 Å². The van der Waals surface area contributed by atoms with Crippen LogP contribution in [0.3, 0.4) is 0 Å². The van der Waals surface area contributed by atoms with E-state index in [2.05, 4.69) is 86.3 Å². The quantitative estimate of drug-likeness (QED) is 0.548. The Morgan fingerprint density at radius 1 is 1.19 bits per heavy atom. The van der Waals surface area contributed by atoms with Crippen molar-refractivity contribution in [3.05, 3.63) is 70.0 Å². The van der Waals surface area contributed by atoms with Crippen molar-refractivity contribution in [2.45, 2.75) is 47.1 Å². The predicted octanol–water partition coefficient (Wildman–Crippen LogP) is 5.60. The van der Waals surface area contributed by atoms with Crippen LogP contribution in [-0.2, 0) is 0 Å². The number of benzene rings is 1. The molecule has 2 N–H and O–H groups in total. The summed E-state index contributed by atoms with van der Waals surface area (Å²) in [6.07, 6.45) is 9.67. The molecule has 1 heterocycles. The summed E-state index contributed by atoms with van der Waals surface area (Å²) in [6, 6.07) is 4.67. The third-order valence-electron chi connectivity index (χ3n) is 5.07. The Labute approximate surface area is 156 Å². The van der Waals surface area contributed by atoms with E-state index in [4.69, 9.17) is 0 Å². The van der Waals surface area contributed by atoms with Gasteiger partial charge in [-0.1, -0.05) is 23.8 Å². The van der Waals surface area contributed by atoms with E-state index in [0.717, 1.165) is 12.3 Å². The number of aromatic amines is 1. The van der Waals surface area contributed by atoms with Crippen LogP contribution in [0.15, 0.2) is 52.6 Å². The minimum Gasteiger partial charge on any atom is -0.360 e. The van der Waals surface area contributed by atoms with Crippen LogP contribution >= 0.6 is 0 Å². The van der Waals surface area contributed by atoms with Gasteiger partial charge in [-0.05, 0) is 75.9 Å². The van der Waals surface area contributed by atoms with Gasteiger partial charge in [-0.2, -0.15) is 0 Å². The minimum absolute atomic E-state index is 0.107. The summed E-state index contributed by atoms with van der Waals surface area (Å²) in [5.41, 5.74) is 8.98. The molecule has 1 unspecified atom stereocenters. The summed E-state index contributed by atoms with van der Waals surface area (Å²) < 4.78 is 0. The van der Waals surface area contributed by atoms with Gasteiger partial charge in [0.2, 0.25) is 0 Å². The number of nitrogens with zero attached hydrogens (tertiary/aromatic N) is 1. The number of fused-ring (bicyclic) bond motifs is 1. The fourth-order valence-electron chi connectivity index (χ4n) is 3.61. The second-order valence-corrected chi connectivity index (χ2v) is 7.43. The molecule has 3 nitrogen and oxygen atoms in total. The molecule has 0 aliphatic heterocycles. The lowest BCUT2D eigenvalue weighted by molar-refractivity contribution is 0.732. The van der Waals surface area contributed by atoms with E-state index >= 15 is 0 Å². The Morgan fingerprint density at radius 3 is 2.54 bits per heavy atom. The molecule has 1 aliphatic carbocycles. The lowest BCUT2D eigenvalue weighted by atomic mass is 9.93. The first-order valence-corrected chi connectivity index (χ1v) is 9.24. The highest BCUT2D eigenvalue weighted by Gasteiger charge is 2.24. The molecular weight excluding hydrogens is 318 g/mol. The molecule has 26 heavy (non-hydrogen) atoms. The molecule has 1 aliphatic rings. The first-order chi connectivity index (χ1) is 12.4. The van der Waals surface area contributed by atoms with Crippen LogP contribution in [-0.4, -0.2) is 17.9 Å². The molecule has 1 aromatic heterocycles. The van der Waals surface area contributed by atoms with Gasteiger partial charge in [0.15, 0.2) is 0 Å². The van der Waals surface area contributed by atoms with E-state index in [1.807, 2.05) is 7.05 Å². The maximum absolute atomic E-state index is 4.46. The van der Waals surface area contributed by atoms with Crippen LogP contribution in [0.4, 0.5) is 0 Å². The van der Waals surface area contributed by atoms with Crippen LogP contribution < -0.4 is 5.32 Å². The van der Waals surface area contributed by atoms with Gasteiger partial charge in [0.25, 0.3) is 0 Å². The van der Waals surface area contributed by atoms with E-state index in [9.17, 15) is 0 Å². The average molecular weight is 348 g/mol. The molecule has 0 saturated carbocycles. The maximum atomic E-state index is 4.46. The molecule has 2 aromatic rings. The minimum atomic E-state index is 0.107. The van der Waals surface area contributed by atoms with Crippen LogP contribution in [0.1, 0.15) is 48.7 Å². The first-order valence-electron chi connectivity index (χ1n) is 9.24. The summed E-state index contributed by atoms with van der Waals surface area (Å²) >= 11 is 0. The smallest absolute Gasteiger partial charge is 0.121 e. The summed E-state index contributed by atoms with van der Waals surface area (Å²) in [6.45, 7) is 10.7. The van der Waals surface area contributed by atoms with Gasteiger partial charge in [0, 0.05) is 29.2 Å². The first kappa shape index (κ1) is 18.2. The van der Waals surface area contributed by atoms with Gasteiger partial charge in [-0.3, -0.25) is 4.99 Å². The fraction of sp³-hybridized carbons (Fsp3) is 0.348. The van der Waals surface area contributed by atoms with Gasteiger partial charge in [-0.25, -0.2) is 0 Å². The van der Waals surface area contributed by atoms with Crippen LogP contribution in [0.2, 0.25) is 0 Å². The van der Waals surface area contributed by atoms with E-state index in [1.165, 1.54) is 44.4 Å².